The van der Waals surface area contributed by atoms with Crippen molar-refractivity contribution in [3.8, 4) is 6.07 Å². The van der Waals surface area contributed by atoms with Gasteiger partial charge in [0.25, 0.3) is 5.91 Å². The first-order chi connectivity index (χ1) is 19.2. The second-order valence-electron chi connectivity index (χ2n) is 10.6. The van der Waals surface area contributed by atoms with Crippen molar-refractivity contribution in [3.63, 3.8) is 0 Å². The maximum Gasteiger partial charge on any atom is 0.315 e. The topological polar surface area (TPSA) is 118 Å². The lowest BCUT2D eigenvalue weighted by molar-refractivity contribution is -0.882. The molecule has 3 atom stereocenters. The predicted molar refractivity (Wildman–Crippen MR) is 154 cm³/mol. The number of hydrogen-bond donors (Lipinski definition) is 1. The molecule has 0 radical (unpaired) electrons. The van der Waals surface area contributed by atoms with E-state index in [9.17, 15) is 23.3 Å². The third-order valence-electron chi connectivity index (χ3n) is 8.27. The van der Waals surface area contributed by atoms with Crippen LogP contribution in [-0.4, -0.2) is 43.6 Å². The minimum atomic E-state index is -3.77. The van der Waals surface area contributed by atoms with E-state index in [0.717, 1.165) is 17.4 Å². The third kappa shape index (κ3) is 5.45. The van der Waals surface area contributed by atoms with Crippen LogP contribution in [0.4, 0.5) is 0 Å². The SMILES string of the molecule is CS(=O)(=O)C(C#N)(CCCCC(=O)[N@@+]1(C(c2ccccc2)c2ccccc2)CCCC1C(N)=O)c1ccccc1. The molecule has 1 aliphatic heterocycles. The Balaban J connectivity index is 1.65. The highest BCUT2D eigenvalue weighted by molar-refractivity contribution is 7.91. The van der Waals surface area contributed by atoms with Crippen molar-refractivity contribution in [2.75, 3.05) is 12.8 Å². The summed E-state index contributed by atoms with van der Waals surface area (Å²) in [6, 6.07) is 29.0. The lowest BCUT2D eigenvalue weighted by Crippen LogP contribution is -2.62. The zero-order chi connectivity index (χ0) is 28.8. The number of sulfone groups is 1. The van der Waals surface area contributed by atoms with Gasteiger partial charge in [0.05, 0.1) is 19.0 Å². The average Bonchev–Trinajstić information content (AvgIpc) is 3.40. The number of benzene rings is 3. The Morgan fingerprint density at radius 2 is 1.48 bits per heavy atom. The molecule has 0 bridgehead atoms. The normalized spacial score (nSPS) is 20.5. The largest absolute Gasteiger partial charge is 0.364 e. The Bertz CT molecular complexity index is 1430. The van der Waals surface area contributed by atoms with Gasteiger partial charge in [-0.1, -0.05) is 91.0 Å². The van der Waals surface area contributed by atoms with Gasteiger partial charge in [-0.05, 0) is 24.8 Å². The molecular weight excluding hydrogens is 522 g/mol. The quantitative estimate of drug-likeness (QED) is 0.268. The standard InChI is InChI=1S/C32H35N3O4S/c1-40(38,39)32(24-33,27-18-9-4-10-19-27)22-12-11-21-29(36)35(23-13-20-28(35)31(34)37)30(25-14-5-2-6-15-25)26-16-7-3-8-17-26/h2-10,14-19,28,30H,11-13,20-23H2,1H3,(H-,34,37)/p+1/t28?,32?,35-/m1/s1. The van der Waals surface area contributed by atoms with E-state index in [1.54, 1.807) is 30.3 Å². The summed E-state index contributed by atoms with van der Waals surface area (Å²) in [4.78, 5) is 27.1. The maximum absolute atomic E-state index is 14.3. The summed E-state index contributed by atoms with van der Waals surface area (Å²) in [5, 5.41) is 10.1. The third-order valence-corrected chi connectivity index (χ3v) is 10.1. The predicted octanol–water partition coefficient (Wildman–Crippen LogP) is 4.79. The fourth-order valence-electron chi connectivity index (χ4n) is 6.36. The molecule has 8 heteroatoms. The van der Waals surface area contributed by atoms with E-state index < -0.39 is 32.6 Å². The number of nitrogens with zero attached hydrogens (tertiary/aromatic N) is 2. The second kappa shape index (κ2) is 12.2. The number of amides is 2. The molecule has 1 saturated heterocycles. The summed E-state index contributed by atoms with van der Waals surface area (Å²) in [5.41, 5.74) is 8.23. The average molecular weight is 559 g/mol. The van der Waals surface area contributed by atoms with Crippen LogP contribution in [0.1, 0.15) is 61.3 Å². The molecule has 0 aliphatic carbocycles. The molecule has 0 spiro atoms. The van der Waals surface area contributed by atoms with Gasteiger partial charge in [0, 0.05) is 30.2 Å². The van der Waals surface area contributed by atoms with Crippen molar-refractivity contribution in [2.24, 2.45) is 5.73 Å². The van der Waals surface area contributed by atoms with Gasteiger partial charge >= 0.3 is 5.91 Å². The molecule has 1 heterocycles. The van der Waals surface area contributed by atoms with Crippen LogP contribution in [0.15, 0.2) is 91.0 Å². The number of quaternary nitrogens is 1. The molecule has 3 aromatic carbocycles. The smallest absolute Gasteiger partial charge is 0.315 e. The number of primary amides is 1. The molecule has 1 aliphatic rings. The molecule has 40 heavy (non-hydrogen) atoms. The van der Waals surface area contributed by atoms with Gasteiger partial charge < -0.3 is 5.73 Å². The second-order valence-corrected chi connectivity index (χ2v) is 12.9. The van der Waals surface area contributed by atoms with E-state index in [4.69, 9.17) is 5.73 Å². The molecular formula is C32H36N3O4S+. The lowest BCUT2D eigenvalue weighted by atomic mass is 9.91. The van der Waals surface area contributed by atoms with E-state index in [1.165, 1.54) is 0 Å². The van der Waals surface area contributed by atoms with Crippen LogP contribution >= 0.6 is 0 Å². The highest BCUT2D eigenvalue weighted by atomic mass is 32.2. The highest BCUT2D eigenvalue weighted by Gasteiger charge is 2.56. The summed E-state index contributed by atoms with van der Waals surface area (Å²) in [5.74, 6) is -0.590. The number of hydrogen-bond acceptors (Lipinski definition) is 5. The van der Waals surface area contributed by atoms with Crippen molar-refractivity contribution < 1.29 is 22.5 Å². The fourth-order valence-corrected chi connectivity index (χ4v) is 7.61. The Hall–Kier alpha value is -3.80. The molecule has 208 valence electrons. The Morgan fingerprint density at radius 1 is 0.950 bits per heavy atom. The van der Waals surface area contributed by atoms with Crippen molar-refractivity contribution in [1.29, 1.82) is 5.26 Å². The number of carbonyl (C=O) groups is 2. The van der Waals surface area contributed by atoms with Crippen molar-refractivity contribution in [3.05, 3.63) is 108 Å². The minimum absolute atomic E-state index is 0.0691. The van der Waals surface area contributed by atoms with Crippen molar-refractivity contribution in [2.45, 2.75) is 55.4 Å². The summed E-state index contributed by atoms with van der Waals surface area (Å²) in [7, 11) is -3.77. The molecule has 3 aromatic rings. The van der Waals surface area contributed by atoms with Crippen LogP contribution in [0.5, 0.6) is 0 Å². The monoisotopic (exact) mass is 558 g/mol. The van der Waals surface area contributed by atoms with Crippen LogP contribution in [0.2, 0.25) is 0 Å². The summed E-state index contributed by atoms with van der Waals surface area (Å²) in [6.45, 7) is 0.483. The molecule has 2 unspecified atom stereocenters. The summed E-state index contributed by atoms with van der Waals surface area (Å²) < 4.78 is 23.9. The molecule has 0 saturated carbocycles. The van der Waals surface area contributed by atoms with Crippen LogP contribution in [0.3, 0.4) is 0 Å². The Kier molecular flexibility index (Phi) is 8.87. The Morgan fingerprint density at radius 3 is 1.95 bits per heavy atom. The molecule has 2 N–H and O–H groups in total. The molecule has 0 aromatic heterocycles. The van der Waals surface area contributed by atoms with Gasteiger partial charge in [-0.3, -0.25) is 4.79 Å². The van der Waals surface area contributed by atoms with Crippen LogP contribution in [0.25, 0.3) is 0 Å². The number of carbonyl (C=O) groups excluding carboxylic acids is 2. The van der Waals surface area contributed by atoms with Crippen molar-refractivity contribution >= 4 is 21.7 Å². The van der Waals surface area contributed by atoms with Gasteiger partial charge in [0.15, 0.2) is 20.6 Å². The number of nitrogens with two attached hydrogens (primary N) is 1. The number of unbranched alkanes of at least 4 members (excludes halogenated alkanes) is 1. The lowest BCUT2D eigenvalue weighted by Gasteiger charge is -2.43. The van der Waals surface area contributed by atoms with Crippen LogP contribution < -0.4 is 5.73 Å². The van der Waals surface area contributed by atoms with Gasteiger partial charge in [-0.15, -0.1) is 0 Å². The van der Waals surface area contributed by atoms with E-state index in [0.29, 0.717) is 37.8 Å². The van der Waals surface area contributed by atoms with Gasteiger partial charge in [-0.2, -0.15) is 5.26 Å². The first-order valence-corrected chi connectivity index (χ1v) is 15.5. The number of likely N-dealkylation sites (tertiary alicyclic amines) is 1. The van der Waals surface area contributed by atoms with E-state index >= 15 is 0 Å². The summed E-state index contributed by atoms with van der Waals surface area (Å²) in [6.07, 6.45) is 3.24. The van der Waals surface area contributed by atoms with E-state index in [2.05, 4.69) is 6.07 Å². The van der Waals surface area contributed by atoms with Crippen LogP contribution in [0, 0.1) is 11.3 Å². The molecule has 1 fully saturated rings. The summed E-state index contributed by atoms with van der Waals surface area (Å²) >= 11 is 0. The zero-order valence-electron chi connectivity index (χ0n) is 22.8. The zero-order valence-corrected chi connectivity index (χ0v) is 23.6. The van der Waals surface area contributed by atoms with Crippen molar-refractivity contribution in [1.82, 2.24) is 0 Å². The minimum Gasteiger partial charge on any atom is -0.364 e. The number of rotatable bonds is 11. The first kappa shape index (κ1) is 29.2. The van der Waals surface area contributed by atoms with Crippen LogP contribution in [-0.2, 0) is 24.2 Å². The first-order valence-electron chi connectivity index (χ1n) is 13.6. The fraction of sp³-hybridized carbons (Fsp3) is 0.344. The highest BCUT2D eigenvalue weighted by Crippen LogP contribution is 2.44. The van der Waals surface area contributed by atoms with E-state index in [1.807, 2.05) is 60.7 Å². The molecule has 7 nitrogen and oxygen atoms in total. The maximum atomic E-state index is 14.3. The molecule has 2 amide bonds. The Labute approximate surface area is 236 Å². The van der Waals surface area contributed by atoms with E-state index in [-0.39, 0.29) is 23.2 Å². The van der Waals surface area contributed by atoms with Gasteiger partial charge in [0.2, 0.25) is 0 Å². The van der Waals surface area contributed by atoms with Gasteiger partial charge in [0.1, 0.15) is 6.04 Å². The number of nitriles is 1. The molecule has 4 rings (SSSR count). The van der Waals surface area contributed by atoms with Gasteiger partial charge in [-0.25, -0.2) is 17.7 Å².